The topological polar surface area (TPSA) is 41.1 Å². The SMILES string of the molecule is C#Cc1cccc(NC(=O)CNCC)c1. The van der Waals surface area contributed by atoms with Crippen LogP contribution in [0.4, 0.5) is 5.69 Å². The molecule has 0 aromatic heterocycles. The zero-order valence-electron chi connectivity index (χ0n) is 8.71. The lowest BCUT2D eigenvalue weighted by atomic mass is 10.2. The number of anilines is 1. The molecule has 1 amide bonds. The molecule has 1 aromatic carbocycles. The molecule has 78 valence electrons. The smallest absolute Gasteiger partial charge is 0.238 e. The molecule has 1 rings (SSSR count). The van der Waals surface area contributed by atoms with Gasteiger partial charge in [-0.15, -0.1) is 6.42 Å². The fourth-order valence-corrected chi connectivity index (χ4v) is 1.13. The predicted octanol–water partition coefficient (Wildman–Crippen LogP) is 1.22. The highest BCUT2D eigenvalue weighted by Gasteiger charge is 2.00. The van der Waals surface area contributed by atoms with E-state index in [1.165, 1.54) is 0 Å². The van der Waals surface area contributed by atoms with Crippen LogP contribution in [0.5, 0.6) is 0 Å². The highest BCUT2D eigenvalue weighted by atomic mass is 16.1. The van der Waals surface area contributed by atoms with Gasteiger partial charge >= 0.3 is 0 Å². The van der Waals surface area contributed by atoms with Gasteiger partial charge in [0.1, 0.15) is 0 Å². The van der Waals surface area contributed by atoms with Crippen molar-refractivity contribution in [2.45, 2.75) is 6.92 Å². The monoisotopic (exact) mass is 202 g/mol. The summed E-state index contributed by atoms with van der Waals surface area (Å²) >= 11 is 0. The van der Waals surface area contributed by atoms with Crippen LogP contribution in [0.15, 0.2) is 24.3 Å². The van der Waals surface area contributed by atoms with Crippen LogP contribution in [0.25, 0.3) is 0 Å². The normalized spacial score (nSPS) is 9.33. The molecule has 0 aliphatic carbocycles. The number of amides is 1. The Bertz CT molecular complexity index is 379. The molecule has 0 saturated heterocycles. The maximum Gasteiger partial charge on any atom is 0.238 e. The molecule has 0 aliphatic heterocycles. The summed E-state index contributed by atoms with van der Waals surface area (Å²) in [5.41, 5.74) is 1.49. The molecule has 3 nitrogen and oxygen atoms in total. The molecule has 15 heavy (non-hydrogen) atoms. The second-order valence-corrected chi connectivity index (χ2v) is 3.05. The Hall–Kier alpha value is -1.79. The van der Waals surface area contributed by atoms with Crippen molar-refractivity contribution in [2.24, 2.45) is 0 Å². The lowest BCUT2D eigenvalue weighted by Gasteiger charge is -2.05. The van der Waals surface area contributed by atoms with Gasteiger partial charge < -0.3 is 10.6 Å². The van der Waals surface area contributed by atoms with Crippen molar-refractivity contribution in [2.75, 3.05) is 18.4 Å². The molecule has 0 unspecified atom stereocenters. The minimum atomic E-state index is -0.0639. The van der Waals surface area contributed by atoms with Gasteiger partial charge in [-0.25, -0.2) is 0 Å². The Balaban J connectivity index is 2.57. The molecule has 1 aromatic rings. The van der Waals surface area contributed by atoms with E-state index in [1.807, 2.05) is 25.1 Å². The molecule has 0 atom stereocenters. The number of nitrogens with one attached hydrogen (secondary N) is 2. The Morgan fingerprint density at radius 1 is 1.53 bits per heavy atom. The van der Waals surface area contributed by atoms with Crippen LogP contribution in [0.1, 0.15) is 12.5 Å². The number of carbonyl (C=O) groups excluding carboxylic acids is 1. The average molecular weight is 202 g/mol. The summed E-state index contributed by atoms with van der Waals surface area (Å²) in [6.07, 6.45) is 5.25. The van der Waals surface area contributed by atoms with E-state index in [2.05, 4.69) is 16.6 Å². The zero-order chi connectivity index (χ0) is 11.1. The summed E-state index contributed by atoms with van der Waals surface area (Å²) in [6.45, 7) is 3.04. The second-order valence-electron chi connectivity index (χ2n) is 3.05. The fraction of sp³-hybridized carbons (Fsp3) is 0.250. The largest absolute Gasteiger partial charge is 0.325 e. The van der Waals surface area contributed by atoms with Gasteiger partial charge in [-0.2, -0.15) is 0 Å². The third kappa shape index (κ3) is 3.84. The summed E-state index contributed by atoms with van der Waals surface area (Å²) in [6, 6.07) is 7.21. The quantitative estimate of drug-likeness (QED) is 0.721. The minimum Gasteiger partial charge on any atom is -0.325 e. The van der Waals surface area contributed by atoms with Gasteiger partial charge in [0.05, 0.1) is 6.54 Å². The van der Waals surface area contributed by atoms with Crippen LogP contribution in [0, 0.1) is 12.3 Å². The van der Waals surface area contributed by atoms with E-state index in [1.54, 1.807) is 6.07 Å². The summed E-state index contributed by atoms with van der Waals surface area (Å²) < 4.78 is 0. The van der Waals surface area contributed by atoms with Gasteiger partial charge in [-0.05, 0) is 24.7 Å². The molecule has 0 bridgehead atoms. The lowest BCUT2D eigenvalue weighted by Crippen LogP contribution is -2.27. The van der Waals surface area contributed by atoms with Gasteiger partial charge in [-0.3, -0.25) is 4.79 Å². The van der Waals surface area contributed by atoms with Crippen molar-refractivity contribution in [3.05, 3.63) is 29.8 Å². The second kappa shape index (κ2) is 5.84. The molecule has 0 radical (unpaired) electrons. The van der Waals surface area contributed by atoms with E-state index in [-0.39, 0.29) is 5.91 Å². The molecule has 3 heteroatoms. The van der Waals surface area contributed by atoms with Crippen molar-refractivity contribution in [3.63, 3.8) is 0 Å². The number of hydrogen-bond donors (Lipinski definition) is 2. The Labute approximate surface area is 89.9 Å². The minimum absolute atomic E-state index is 0.0639. The molecule has 0 fully saturated rings. The molecular weight excluding hydrogens is 188 g/mol. The van der Waals surface area contributed by atoms with Crippen molar-refractivity contribution in [1.29, 1.82) is 0 Å². The first-order valence-corrected chi connectivity index (χ1v) is 4.83. The first-order valence-electron chi connectivity index (χ1n) is 4.83. The molecule has 0 saturated carbocycles. The maximum absolute atomic E-state index is 11.3. The molecular formula is C12H14N2O. The van der Waals surface area contributed by atoms with E-state index < -0.39 is 0 Å². The van der Waals surface area contributed by atoms with Gasteiger partial charge in [0.2, 0.25) is 5.91 Å². The standard InChI is InChI=1S/C12H14N2O/c1-3-10-6-5-7-11(8-10)14-12(15)9-13-4-2/h1,5-8,13H,4,9H2,2H3,(H,14,15). The number of terminal acetylenes is 1. The third-order valence-electron chi connectivity index (χ3n) is 1.85. The maximum atomic E-state index is 11.3. The number of carbonyl (C=O) groups is 1. The van der Waals surface area contributed by atoms with E-state index in [0.717, 1.165) is 17.8 Å². The highest BCUT2D eigenvalue weighted by Crippen LogP contribution is 2.09. The number of benzene rings is 1. The number of likely N-dealkylation sites (N-methyl/N-ethyl adjacent to an activating group) is 1. The average Bonchev–Trinajstić information content (AvgIpc) is 2.26. The van der Waals surface area contributed by atoms with Gasteiger partial charge in [0.15, 0.2) is 0 Å². The summed E-state index contributed by atoms with van der Waals surface area (Å²) in [7, 11) is 0. The Morgan fingerprint density at radius 3 is 3.00 bits per heavy atom. The number of rotatable bonds is 4. The summed E-state index contributed by atoms with van der Waals surface area (Å²) in [4.78, 5) is 11.3. The molecule has 2 N–H and O–H groups in total. The summed E-state index contributed by atoms with van der Waals surface area (Å²) in [5, 5.41) is 5.70. The van der Waals surface area contributed by atoms with Crippen LogP contribution >= 0.6 is 0 Å². The van der Waals surface area contributed by atoms with Crippen molar-refractivity contribution >= 4 is 11.6 Å². The first-order chi connectivity index (χ1) is 7.26. The zero-order valence-corrected chi connectivity index (χ0v) is 8.71. The Kier molecular flexibility index (Phi) is 4.39. The number of hydrogen-bond acceptors (Lipinski definition) is 2. The van der Waals surface area contributed by atoms with Gasteiger partial charge in [-0.1, -0.05) is 18.9 Å². The molecule has 0 spiro atoms. The lowest BCUT2D eigenvalue weighted by molar-refractivity contribution is -0.115. The third-order valence-corrected chi connectivity index (χ3v) is 1.85. The van der Waals surface area contributed by atoms with E-state index in [4.69, 9.17) is 6.42 Å². The van der Waals surface area contributed by atoms with Crippen LogP contribution < -0.4 is 10.6 Å². The molecule has 0 aliphatic rings. The fourth-order valence-electron chi connectivity index (χ4n) is 1.13. The summed E-state index contributed by atoms with van der Waals surface area (Å²) in [5.74, 6) is 2.45. The molecule has 0 heterocycles. The highest BCUT2D eigenvalue weighted by molar-refractivity contribution is 5.92. The van der Waals surface area contributed by atoms with E-state index >= 15 is 0 Å². The van der Waals surface area contributed by atoms with Crippen molar-refractivity contribution in [1.82, 2.24) is 5.32 Å². The van der Waals surface area contributed by atoms with Crippen molar-refractivity contribution < 1.29 is 4.79 Å². The first kappa shape index (κ1) is 11.3. The Morgan fingerprint density at radius 2 is 2.33 bits per heavy atom. The van der Waals surface area contributed by atoms with Crippen molar-refractivity contribution in [3.8, 4) is 12.3 Å². The van der Waals surface area contributed by atoms with E-state index in [0.29, 0.717) is 6.54 Å². The van der Waals surface area contributed by atoms with Crippen LogP contribution in [-0.2, 0) is 4.79 Å². The van der Waals surface area contributed by atoms with E-state index in [9.17, 15) is 4.79 Å². The predicted molar refractivity (Wildman–Crippen MR) is 61.6 cm³/mol. The van der Waals surface area contributed by atoms with Crippen LogP contribution in [0.3, 0.4) is 0 Å². The van der Waals surface area contributed by atoms with Crippen LogP contribution in [-0.4, -0.2) is 19.0 Å². The van der Waals surface area contributed by atoms with Gasteiger partial charge in [0, 0.05) is 11.3 Å². The van der Waals surface area contributed by atoms with Gasteiger partial charge in [0.25, 0.3) is 0 Å². The van der Waals surface area contributed by atoms with Crippen LogP contribution in [0.2, 0.25) is 0 Å².